The zero-order valence-electron chi connectivity index (χ0n) is 10.1. The summed E-state index contributed by atoms with van der Waals surface area (Å²) in [4.78, 5) is 23.3. The highest BCUT2D eigenvalue weighted by Crippen LogP contribution is 2.30. The van der Waals surface area contributed by atoms with Crippen molar-refractivity contribution in [2.45, 2.75) is 25.9 Å². The first-order chi connectivity index (χ1) is 7.96. The van der Waals surface area contributed by atoms with Gasteiger partial charge in [-0.05, 0) is 31.5 Å². The number of ketones is 1. The standard InChI is InChI=1S/C13H14O4/c1-8(14)13(2)7-9-4-5-10(16-3)6-11(9)12(15)17-13/h4-6H,7H2,1-3H3. The number of hydrogen-bond donors (Lipinski definition) is 0. The van der Waals surface area contributed by atoms with E-state index < -0.39 is 11.6 Å². The molecule has 1 aromatic carbocycles. The summed E-state index contributed by atoms with van der Waals surface area (Å²) >= 11 is 0. The molecule has 1 atom stereocenters. The van der Waals surface area contributed by atoms with Gasteiger partial charge in [-0.25, -0.2) is 4.79 Å². The first-order valence-corrected chi connectivity index (χ1v) is 5.37. The molecule has 0 spiro atoms. The van der Waals surface area contributed by atoms with Crippen LogP contribution in [-0.2, 0) is 16.0 Å². The Morgan fingerprint density at radius 1 is 1.47 bits per heavy atom. The van der Waals surface area contributed by atoms with Gasteiger partial charge in [0, 0.05) is 6.42 Å². The van der Waals surface area contributed by atoms with Crippen LogP contribution < -0.4 is 4.74 Å². The zero-order valence-corrected chi connectivity index (χ0v) is 10.1. The summed E-state index contributed by atoms with van der Waals surface area (Å²) in [5.74, 6) is -0.0118. The van der Waals surface area contributed by atoms with Crippen molar-refractivity contribution in [3.05, 3.63) is 29.3 Å². The number of Topliss-reactive ketones (excluding diaryl/α,β-unsaturated/α-hetero) is 1. The van der Waals surface area contributed by atoms with Crippen LogP contribution in [0.25, 0.3) is 0 Å². The van der Waals surface area contributed by atoms with Crippen LogP contribution in [0.3, 0.4) is 0 Å². The summed E-state index contributed by atoms with van der Waals surface area (Å²) in [5.41, 5.74) is 0.251. The molecule has 1 aromatic rings. The zero-order chi connectivity index (χ0) is 12.6. The second-order valence-electron chi connectivity index (χ2n) is 4.38. The third-order valence-electron chi connectivity index (χ3n) is 3.13. The topological polar surface area (TPSA) is 52.6 Å². The molecule has 0 N–H and O–H groups in total. The number of ether oxygens (including phenoxy) is 2. The molecule has 17 heavy (non-hydrogen) atoms. The minimum atomic E-state index is -1.04. The second-order valence-corrected chi connectivity index (χ2v) is 4.38. The van der Waals surface area contributed by atoms with Crippen molar-refractivity contribution in [1.82, 2.24) is 0 Å². The van der Waals surface area contributed by atoms with Gasteiger partial charge in [0.1, 0.15) is 5.75 Å². The lowest BCUT2D eigenvalue weighted by molar-refractivity contribution is -0.135. The summed E-state index contributed by atoms with van der Waals surface area (Å²) in [6.07, 6.45) is 0.410. The highest BCUT2D eigenvalue weighted by Gasteiger charge is 2.40. The molecular formula is C13H14O4. The number of benzene rings is 1. The Balaban J connectivity index is 2.45. The number of hydrogen-bond acceptors (Lipinski definition) is 4. The molecule has 0 fully saturated rings. The lowest BCUT2D eigenvalue weighted by Crippen LogP contribution is -2.44. The van der Waals surface area contributed by atoms with Crippen molar-refractivity contribution < 1.29 is 19.1 Å². The fourth-order valence-corrected chi connectivity index (χ4v) is 1.88. The summed E-state index contributed by atoms with van der Waals surface area (Å²) in [7, 11) is 1.54. The predicted octanol–water partition coefficient (Wildman–Crippen LogP) is 1.76. The molecule has 0 saturated heterocycles. The first-order valence-electron chi connectivity index (χ1n) is 5.37. The molecule has 1 heterocycles. The van der Waals surface area contributed by atoms with Crippen LogP contribution >= 0.6 is 0 Å². The molecule has 0 aliphatic carbocycles. The maximum Gasteiger partial charge on any atom is 0.339 e. The Kier molecular flexibility index (Phi) is 2.65. The first kappa shape index (κ1) is 11.6. The predicted molar refractivity (Wildman–Crippen MR) is 61.2 cm³/mol. The minimum absolute atomic E-state index is 0.146. The van der Waals surface area contributed by atoms with E-state index in [1.165, 1.54) is 14.0 Å². The van der Waals surface area contributed by atoms with Crippen molar-refractivity contribution >= 4 is 11.8 Å². The number of fused-ring (bicyclic) bond motifs is 1. The van der Waals surface area contributed by atoms with Crippen molar-refractivity contribution in [3.8, 4) is 5.75 Å². The third kappa shape index (κ3) is 1.90. The molecule has 0 aromatic heterocycles. The van der Waals surface area contributed by atoms with Crippen LogP contribution in [0.5, 0.6) is 5.75 Å². The molecule has 4 heteroatoms. The van der Waals surface area contributed by atoms with Crippen LogP contribution in [0.4, 0.5) is 0 Å². The van der Waals surface area contributed by atoms with Gasteiger partial charge in [-0.1, -0.05) is 6.07 Å². The lowest BCUT2D eigenvalue weighted by Gasteiger charge is -2.32. The molecule has 1 unspecified atom stereocenters. The SMILES string of the molecule is COc1ccc2c(c1)C(=O)OC(C)(C(C)=O)C2. The van der Waals surface area contributed by atoms with E-state index in [-0.39, 0.29) is 5.78 Å². The summed E-state index contributed by atoms with van der Waals surface area (Å²) < 4.78 is 10.3. The molecule has 1 aliphatic heterocycles. The lowest BCUT2D eigenvalue weighted by atomic mass is 9.87. The van der Waals surface area contributed by atoms with Crippen molar-refractivity contribution in [1.29, 1.82) is 0 Å². The average molecular weight is 234 g/mol. The van der Waals surface area contributed by atoms with Gasteiger partial charge in [-0.3, -0.25) is 4.79 Å². The van der Waals surface area contributed by atoms with Crippen LogP contribution in [0.15, 0.2) is 18.2 Å². The van der Waals surface area contributed by atoms with E-state index in [1.807, 2.05) is 0 Å². The van der Waals surface area contributed by atoms with E-state index >= 15 is 0 Å². The maximum atomic E-state index is 11.8. The number of rotatable bonds is 2. The quantitative estimate of drug-likeness (QED) is 0.731. The Hall–Kier alpha value is -1.84. The van der Waals surface area contributed by atoms with Gasteiger partial charge in [-0.15, -0.1) is 0 Å². The van der Waals surface area contributed by atoms with Crippen LogP contribution in [0, 0.1) is 0 Å². The summed E-state index contributed by atoms with van der Waals surface area (Å²) in [5, 5.41) is 0. The number of carbonyl (C=O) groups is 2. The Morgan fingerprint density at radius 2 is 2.18 bits per heavy atom. The van der Waals surface area contributed by atoms with E-state index in [9.17, 15) is 9.59 Å². The van der Waals surface area contributed by atoms with E-state index in [2.05, 4.69) is 0 Å². The molecule has 4 nitrogen and oxygen atoms in total. The van der Waals surface area contributed by atoms with Gasteiger partial charge in [-0.2, -0.15) is 0 Å². The molecule has 0 radical (unpaired) electrons. The van der Waals surface area contributed by atoms with Gasteiger partial charge in [0.25, 0.3) is 0 Å². The Morgan fingerprint density at radius 3 is 2.76 bits per heavy atom. The normalized spacial score (nSPS) is 22.6. The fraction of sp³-hybridized carbons (Fsp3) is 0.385. The fourth-order valence-electron chi connectivity index (χ4n) is 1.88. The molecule has 90 valence electrons. The third-order valence-corrected chi connectivity index (χ3v) is 3.13. The number of cyclic esters (lactones) is 1. The van der Waals surface area contributed by atoms with E-state index in [0.717, 1.165) is 5.56 Å². The highest BCUT2D eigenvalue weighted by atomic mass is 16.6. The molecule has 0 amide bonds. The van der Waals surface area contributed by atoms with Gasteiger partial charge >= 0.3 is 5.97 Å². The molecule has 1 aliphatic rings. The largest absolute Gasteiger partial charge is 0.497 e. The number of carbonyl (C=O) groups excluding carboxylic acids is 2. The van der Waals surface area contributed by atoms with Crippen LogP contribution in [0.2, 0.25) is 0 Å². The number of esters is 1. The molecule has 0 bridgehead atoms. The van der Waals surface area contributed by atoms with E-state index in [0.29, 0.717) is 17.7 Å². The number of methoxy groups -OCH3 is 1. The minimum Gasteiger partial charge on any atom is -0.497 e. The van der Waals surface area contributed by atoms with Gasteiger partial charge in [0.05, 0.1) is 12.7 Å². The van der Waals surface area contributed by atoms with Crippen molar-refractivity contribution in [3.63, 3.8) is 0 Å². The monoisotopic (exact) mass is 234 g/mol. The van der Waals surface area contributed by atoms with E-state index in [4.69, 9.17) is 9.47 Å². The average Bonchev–Trinajstić information content (AvgIpc) is 2.28. The van der Waals surface area contributed by atoms with E-state index in [1.54, 1.807) is 25.1 Å². The van der Waals surface area contributed by atoms with Gasteiger partial charge < -0.3 is 9.47 Å². The van der Waals surface area contributed by atoms with Gasteiger partial charge in [0.15, 0.2) is 11.4 Å². The Bertz CT molecular complexity index is 492. The summed E-state index contributed by atoms with van der Waals surface area (Å²) in [6, 6.07) is 5.21. The summed E-state index contributed by atoms with van der Waals surface area (Å²) in [6.45, 7) is 3.07. The van der Waals surface area contributed by atoms with Crippen molar-refractivity contribution in [2.24, 2.45) is 0 Å². The van der Waals surface area contributed by atoms with Crippen molar-refractivity contribution in [2.75, 3.05) is 7.11 Å². The molecule has 0 saturated carbocycles. The second kappa shape index (κ2) is 3.87. The Labute approximate surface area is 99.5 Å². The van der Waals surface area contributed by atoms with Crippen LogP contribution in [0.1, 0.15) is 29.8 Å². The van der Waals surface area contributed by atoms with Gasteiger partial charge in [0.2, 0.25) is 0 Å². The molecular weight excluding hydrogens is 220 g/mol. The smallest absolute Gasteiger partial charge is 0.339 e. The highest BCUT2D eigenvalue weighted by molar-refractivity contribution is 5.97. The van der Waals surface area contributed by atoms with Crippen LogP contribution in [-0.4, -0.2) is 24.5 Å². The molecule has 2 rings (SSSR count). The maximum absolute atomic E-state index is 11.8.